The topological polar surface area (TPSA) is 21.6 Å². The van der Waals surface area contributed by atoms with E-state index in [1.165, 1.54) is 12.1 Å². The van der Waals surface area contributed by atoms with Crippen molar-refractivity contribution >= 4 is 51.1 Å². The van der Waals surface area contributed by atoms with Crippen molar-refractivity contribution in [2.75, 3.05) is 6.54 Å². The molecule has 0 amide bonds. The van der Waals surface area contributed by atoms with E-state index >= 15 is 0 Å². The predicted molar refractivity (Wildman–Crippen MR) is 69.7 cm³/mol. The van der Waals surface area contributed by atoms with Crippen LogP contribution in [0, 0.1) is 5.82 Å². The fourth-order valence-corrected chi connectivity index (χ4v) is 1.87. The van der Waals surface area contributed by atoms with Gasteiger partial charge in [0, 0.05) is 5.56 Å². The van der Waals surface area contributed by atoms with E-state index in [9.17, 15) is 4.39 Å². The van der Waals surface area contributed by atoms with Crippen molar-refractivity contribution in [3.05, 3.63) is 35.6 Å². The van der Waals surface area contributed by atoms with Crippen molar-refractivity contribution in [2.24, 2.45) is 4.99 Å². The van der Waals surface area contributed by atoms with E-state index < -0.39 is 0 Å². The first kappa shape index (κ1) is 10.6. The van der Waals surface area contributed by atoms with Gasteiger partial charge in [0.1, 0.15) is 12.4 Å². The summed E-state index contributed by atoms with van der Waals surface area (Å²) in [7, 11) is 0. The Morgan fingerprint density at radius 1 is 1.29 bits per heavy atom. The van der Waals surface area contributed by atoms with Gasteiger partial charge < -0.3 is 4.74 Å². The second-order valence-electron chi connectivity index (χ2n) is 2.87. The molecule has 0 saturated carbocycles. The number of benzene rings is 1. The maximum atomic E-state index is 12.6. The van der Waals surface area contributed by atoms with Crippen LogP contribution in [0.4, 0.5) is 4.39 Å². The summed E-state index contributed by atoms with van der Waals surface area (Å²) < 4.78 is 17.9. The van der Waals surface area contributed by atoms with Gasteiger partial charge in [0.05, 0.1) is 0 Å². The third-order valence-corrected chi connectivity index (χ3v) is 2.87. The van der Waals surface area contributed by atoms with Crippen LogP contribution in [0.15, 0.2) is 29.3 Å². The lowest BCUT2D eigenvalue weighted by molar-refractivity contribution is 0.315. The minimum atomic E-state index is -0.292. The van der Waals surface area contributed by atoms with E-state index in [2.05, 4.69) is 50.2 Å². The van der Waals surface area contributed by atoms with Crippen LogP contribution in [0.5, 0.6) is 0 Å². The Balaban J connectivity index is 2.22. The van der Waals surface area contributed by atoms with Gasteiger partial charge in [-0.3, -0.25) is 0 Å². The molecule has 0 aliphatic carbocycles. The number of ether oxygens (including phenoxy) is 1. The fourth-order valence-electron chi connectivity index (χ4n) is 1.11. The van der Waals surface area contributed by atoms with Gasteiger partial charge in [0.25, 0.3) is 0 Å². The molecular weight excluding hydrogens is 411 g/mol. The van der Waals surface area contributed by atoms with Crippen LogP contribution in [0.25, 0.3) is 0 Å². The zero-order valence-corrected chi connectivity index (χ0v) is 11.3. The molecule has 0 N–H and O–H groups in total. The molecule has 0 fully saturated rings. The van der Waals surface area contributed by atoms with Crippen LogP contribution >= 0.6 is 45.2 Å². The predicted octanol–water partition coefficient (Wildman–Crippen LogP) is 3.13. The highest BCUT2D eigenvalue weighted by atomic mass is 127. The molecule has 0 aromatic heterocycles. The van der Waals surface area contributed by atoms with Crippen molar-refractivity contribution in [2.45, 2.75) is 1.61 Å². The van der Waals surface area contributed by atoms with Crippen molar-refractivity contribution in [1.82, 2.24) is 0 Å². The second-order valence-corrected chi connectivity index (χ2v) is 8.42. The Morgan fingerprint density at radius 2 is 1.93 bits per heavy atom. The highest BCUT2D eigenvalue weighted by Crippen LogP contribution is 2.34. The highest BCUT2D eigenvalue weighted by molar-refractivity contribution is 14.2. The van der Waals surface area contributed by atoms with Crippen LogP contribution in [0.3, 0.4) is 0 Å². The molecule has 0 spiro atoms. The molecule has 14 heavy (non-hydrogen) atoms. The van der Waals surface area contributed by atoms with Gasteiger partial charge in [-0.05, 0) is 69.4 Å². The van der Waals surface area contributed by atoms with Gasteiger partial charge in [0.15, 0.2) is 0 Å². The minimum absolute atomic E-state index is 0.248. The zero-order valence-electron chi connectivity index (χ0n) is 7.01. The fraction of sp³-hybridized carbons (Fsp3) is 0.222. The molecule has 1 aliphatic rings. The first-order valence-corrected chi connectivity index (χ1v) is 6.10. The van der Waals surface area contributed by atoms with E-state index in [1.807, 2.05) is 0 Å². The molecule has 1 aromatic carbocycles. The third-order valence-electron chi connectivity index (χ3n) is 1.74. The van der Waals surface area contributed by atoms with Gasteiger partial charge in [-0.15, -0.1) is 0 Å². The molecule has 1 aliphatic heterocycles. The van der Waals surface area contributed by atoms with Gasteiger partial charge in [-0.1, -0.05) is 0 Å². The molecule has 1 aromatic rings. The number of aliphatic imine (C=N–C) groups is 1. The summed E-state index contributed by atoms with van der Waals surface area (Å²) in [6.07, 6.45) is 0. The number of hydrogen-bond acceptors (Lipinski definition) is 2. The molecule has 0 unspecified atom stereocenters. The average Bonchev–Trinajstić information content (AvgIpc) is 2.47. The monoisotopic (exact) mass is 417 g/mol. The summed E-state index contributed by atoms with van der Waals surface area (Å²) >= 11 is 4.38. The maximum absolute atomic E-state index is 12.6. The lowest BCUT2D eigenvalue weighted by Gasteiger charge is -2.12. The first-order valence-electron chi connectivity index (χ1n) is 3.94. The second kappa shape index (κ2) is 3.92. The van der Waals surface area contributed by atoms with Crippen molar-refractivity contribution in [3.8, 4) is 0 Å². The molecule has 0 bridgehead atoms. The summed E-state index contributed by atoms with van der Waals surface area (Å²) in [6, 6.07) is 6.15. The summed E-state index contributed by atoms with van der Waals surface area (Å²) in [5.41, 5.74) is 0.821. The standard InChI is InChI=1S/C9H6FI2NO/c10-7-3-1-6(2-4-7)8-13-5-9(11,12)14-8/h1-4H,5H2. The smallest absolute Gasteiger partial charge is 0.230 e. The SMILES string of the molecule is Fc1ccc(C2=NCC(I)(I)O2)cc1. The van der Waals surface area contributed by atoms with Crippen LogP contribution in [0.1, 0.15) is 5.56 Å². The Hall–Kier alpha value is 0.0800. The molecule has 0 atom stereocenters. The van der Waals surface area contributed by atoms with Crippen molar-refractivity contribution < 1.29 is 9.13 Å². The molecule has 0 radical (unpaired) electrons. The molecule has 1 heterocycles. The van der Waals surface area contributed by atoms with Gasteiger partial charge >= 0.3 is 0 Å². The Labute approximate surface area is 108 Å². The molecule has 2 rings (SSSR count). The minimum Gasteiger partial charge on any atom is -0.449 e. The summed E-state index contributed by atoms with van der Waals surface area (Å²) in [5.74, 6) is 0.344. The van der Waals surface area contributed by atoms with Crippen LogP contribution in [-0.2, 0) is 4.74 Å². The number of halogens is 3. The Morgan fingerprint density at radius 3 is 2.43 bits per heavy atom. The van der Waals surface area contributed by atoms with Crippen LogP contribution in [-0.4, -0.2) is 14.1 Å². The summed E-state index contributed by atoms with van der Waals surface area (Å²) in [5, 5.41) is 0. The highest BCUT2D eigenvalue weighted by Gasteiger charge is 2.32. The Bertz CT molecular complexity index is 375. The van der Waals surface area contributed by atoms with E-state index in [0.717, 1.165) is 5.56 Å². The van der Waals surface area contributed by atoms with Gasteiger partial charge in [-0.2, -0.15) is 0 Å². The maximum Gasteiger partial charge on any atom is 0.230 e. The number of hydrogen-bond donors (Lipinski definition) is 0. The van der Waals surface area contributed by atoms with Crippen molar-refractivity contribution in [3.63, 3.8) is 0 Å². The molecule has 5 heteroatoms. The molecular formula is C9H6FI2NO. The van der Waals surface area contributed by atoms with Crippen molar-refractivity contribution in [1.29, 1.82) is 0 Å². The lowest BCUT2D eigenvalue weighted by Crippen LogP contribution is -2.16. The van der Waals surface area contributed by atoms with E-state index in [0.29, 0.717) is 12.4 Å². The zero-order chi connectivity index (χ0) is 10.2. The largest absolute Gasteiger partial charge is 0.449 e. The number of rotatable bonds is 1. The number of alkyl halides is 2. The van der Waals surface area contributed by atoms with Gasteiger partial charge in [-0.25, -0.2) is 9.38 Å². The quantitative estimate of drug-likeness (QED) is 0.509. The van der Waals surface area contributed by atoms with E-state index in [1.54, 1.807) is 12.1 Å². The third kappa shape index (κ3) is 2.36. The molecule has 74 valence electrons. The molecule has 2 nitrogen and oxygen atoms in total. The van der Waals surface area contributed by atoms with Gasteiger partial charge in [0.2, 0.25) is 7.51 Å². The normalized spacial score (nSPS) is 18.9. The number of nitrogens with zero attached hydrogens (tertiary/aromatic N) is 1. The first-order chi connectivity index (χ1) is 6.57. The van der Waals surface area contributed by atoms with E-state index in [4.69, 9.17) is 4.74 Å². The average molecular weight is 417 g/mol. The van der Waals surface area contributed by atoms with Crippen LogP contribution < -0.4 is 0 Å². The van der Waals surface area contributed by atoms with E-state index in [-0.39, 0.29) is 7.43 Å². The molecule has 0 saturated heterocycles. The summed E-state index contributed by atoms with van der Waals surface area (Å²) in [4.78, 5) is 4.25. The summed E-state index contributed by atoms with van der Waals surface area (Å²) in [6.45, 7) is 0.626. The van der Waals surface area contributed by atoms with Crippen LogP contribution in [0.2, 0.25) is 0 Å². The lowest BCUT2D eigenvalue weighted by atomic mass is 10.2. The Kier molecular flexibility index (Phi) is 2.96.